The molecule has 0 spiro atoms. The highest BCUT2D eigenvalue weighted by molar-refractivity contribution is 5.73. The molecule has 2 aliphatic carbocycles. The van der Waals surface area contributed by atoms with E-state index in [-0.39, 0.29) is 23.8 Å². The van der Waals surface area contributed by atoms with Gasteiger partial charge in [0.2, 0.25) is 0 Å². The van der Waals surface area contributed by atoms with Crippen LogP contribution < -0.4 is 0 Å². The van der Waals surface area contributed by atoms with Gasteiger partial charge < -0.3 is 9.47 Å². The summed E-state index contributed by atoms with van der Waals surface area (Å²) in [5.41, 5.74) is 8.71. The van der Waals surface area contributed by atoms with Crippen molar-refractivity contribution in [3.8, 4) is 0 Å². The summed E-state index contributed by atoms with van der Waals surface area (Å²) < 4.78 is 11.4. The van der Waals surface area contributed by atoms with Gasteiger partial charge in [-0.1, -0.05) is 69.9 Å². The Morgan fingerprint density at radius 2 is 1.02 bits per heavy atom. The highest BCUT2D eigenvalue weighted by Gasteiger charge is 2.25. The van der Waals surface area contributed by atoms with Crippen molar-refractivity contribution in [1.29, 1.82) is 0 Å². The number of carbonyl (C=O) groups excluding carboxylic acids is 2. The number of allylic oxidation sites excluding steroid dienone is 12. The molecule has 0 amide bonds. The van der Waals surface area contributed by atoms with Gasteiger partial charge in [-0.15, -0.1) is 0 Å². The Bertz CT molecular complexity index is 1140. The summed E-state index contributed by atoms with van der Waals surface area (Å²) in [4.78, 5) is 30.2. The maximum Gasteiger partial charge on any atom is 0.309 e. The molecular weight excluding hydrogens is 620 g/mol. The van der Waals surface area contributed by atoms with Gasteiger partial charge in [0.25, 0.3) is 0 Å². The zero-order valence-corrected chi connectivity index (χ0v) is 32.7. The third-order valence-corrected chi connectivity index (χ3v) is 10.5. The molecule has 280 valence electrons. The van der Waals surface area contributed by atoms with Crippen LogP contribution >= 0.6 is 0 Å². The quantitative estimate of drug-likeness (QED) is 0.0936. The van der Waals surface area contributed by atoms with Crippen LogP contribution in [-0.4, -0.2) is 74.2 Å². The van der Waals surface area contributed by atoms with Gasteiger partial charge in [0.05, 0.1) is 11.8 Å². The minimum Gasteiger partial charge on any atom is -0.464 e. The van der Waals surface area contributed by atoms with Gasteiger partial charge in [-0.2, -0.15) is 0 Å². The Kier molecular flexibility index (Phi) is 19.8. The third kappa shape index (κ3) is 17.5. The highest BCUT2D eigenvalue weighted by Crippen LogP contribution is 2.29. The molecule has 3 rings (SSSR count). The summed E-state index contributed by atoms with van der Waals surface area (Å²) in [5.74, 6) is -0.0562. The molecule has 0 radical (unpaired) electrons. The van der Waals surface area contributed by atoms with E-state index in [1.807, 2.05) is 0 Å². The first kappa shape index (κ1) is 41.7. The fraction of sp³-hybridized carbons (Fsp3) is 0.682. The molecule has 2 unspecified atom stereocenters. The molecule has 0 N–H and O–H groups in total. The Morgan fingerprint density at radius 1 is 0.620 bits per heavy atom. The molecule has 1 saturated heterocycles. The molecule has 2 atom stereocenters. The highest BCUT2D eigenvalue weighted by atomic mass is 16.5. The molecule has 3 aliphatic rings. The maximum absolute atomic E-state index is 12.7. The van der Waals surface area contributed by atoms with Crippen LogP contribution in [0.1, 0.15) is 131 Å². The van der Waals surface area contributed by atoms with Crippen LogP contribution in [0.3, 0.4) is 0 Å². The van der Waals surface area contributed by atoms with Gasteiger partial charge in [-0.25, -0.2) is 0 Å². The Hall–Kier alpha value is -2.70. The largest absolute Gasteiger partial charge is 0.464 e. The van der Waals surface area contributed by atoms with Crippen molar-refractivity contribution in [1.82, 2.24) is 9.80 Å². The Morgan fingerprint density at radius 3 is 1.36 bits per heavy atom. The fourth-order valence-corrected chi connectivity index (χ4v) is 7.07. The molecule has 0 saturated carbocycles. The Balaban J connectivity index is 1.20. The SMILES string of the molecule is CC(C)=CCC/C(C)=C/CCC1=CCC(C(=O)OCCN2CCN(CCOC(=O)C3CC=C(CC/C=C(\C)CCC=C(C)C)CC3)CC2)CC1. The van der Waals surface area contributed by atoms with Crippen molar-refractivity contribution in [3.63, 3.8) is 0 Å². The minimum absolute atomic E-state index is 0.00529. The van der Waals surface area contributed by atoms with Gasteiger partial charge in [0.15, 0.2) is 0 Å². The van der Waals surface area contributed by atoms with Crippen molar-refractivity contribution in [3.05, 3.63) is 69.9 Å². The van der Waals surface area contributed by atoms with Crippen LogP contribution in [0, 0.1) is 11.8 Å². The van der Waals surface area contributed by atoms with E-state index in [1.165, 1.54) is 33.4 Å². The zero-order chi connectivity index (χ0) is 36.1. The van der Waals surface area contributed by atoms with Crippen molar-refractivity contribution in [2.24, 2.45) is 11.8 Å². The number of ether oxygens (including phenoxy) is 2. The lowest BCUT2D eigenvalue weighted by Gasteiger charge is -2.34. The molecule has 6 nitrogen and oxygen atoms in total. The monoisotopic (exact) mass is 691 g/mol. The number of rotatable bonds is 20. The number of hydrogen-bond acceptors (Lipinski definition) is 6. The van der Waals surface area contributed by atoms with Gasteiger partial charge >= 0.3 is 11.9 Å². The molecule has 0 aromatic carbocycles. The first-order valence-corrected chi connectivity index (χ1v) is 19.8. The first-order chi connectivity index (χ1) is 24.1. The summed E-state index contributed by atoms with van der Waals surface area (Å²) >= 11 is 0. The van der Waals surface area contributed by atoms with E-state index in [0.29, 0.717) is 13.2 Å². The predicted molar refractivity (Wildman–Crippen MR) is 209 cm³/mol. The maximum atomic E-state index is 12.7. The molecule has 1 aliphatic heterocycles. The standard InChI is InChI=1S/C44H70N2O4/c1-35(2)11-7-13-37(5)15-9-17-39-19-23-41(24-20-39)43(47)49-33-31-45-27-29-46(30-28-45)32-34-50-44(48)42-25-21-40(22-26-42)18-10-16-38(6)14-8-12-36(3)4/h11-12,15-16,19,21,41-42H,7-10,13-14,17-18,20,22-34H2,1-6H3/b37-15+,38-16+. The van der Waals surface area contributed by atoms with Crippen LogP contribution in [0.4, 0.5) is 0 Å². The van der Waals surface area contributed by atoms with Crippen molar-refractivity contribution < 1.29 is 19.1 Å². The van der Waals surface area contributed by atoms with E-state index in [9.17, 15) is 9.59 Å². The second kappa shape index (κ2) is 23.7. The van der Waals surface area contributed by atoms with Crippen LogP contribution in [0.15, 0.2) is 69.9 Å². The van der Waals surface area contributed by atoms with Gasteiger partial charge in [0, 0.05) is 39.3 Å². The molecule has 50 heavy (non-hydrogen) atoms. The smallest absolute Gasteiger partial charge is 0.309 e. The summed E-state index contributed by atoms with van der Waals surface area (Å²) in [6, 6.07) is 0. The number of piperazine rings is 1. The minimum atomic E-state index is -0.0334. The lowest BCUT2D eigenvalue weighted by molar-refractivity contribution is -0.150. The zero-order valence-electron chi connectivity index (χ0n) is 32.7. The van der Waals surface area contributed by atoms with E-state index >= 15 is 0 Å². The van der Waals surface area contributed by atoms with Crippen molar-refractivity contribution in [2.45, 2.75) is 131 Å². The van der Waals surface area contributed by atoms with Crippen LogP contribution in [0.25, 0.3) is 0 Å². The van der Waals surface area contributed by atoms with Crippen LogP contribution in [-0.2, 0) is 19.1 Å². The molecule has 0 bridgehead atoms. The lowest BCUT2D eigenvalue weighted by atomic mass is 9.87. The summed E-state index contributed by atoms with van der Waals surface area (Å²) in [5, 5.41) is 0. The molecule has 1 heterocycles. The molecular formula is C44H70N2O4. The van der Waals surface area contributed by atoms with E-state index < -0.39 is 0 Å². The lowest BCUT2D eigenvalue weighted by Crippen LogP contribution is -2.48. The number of esters is 2. The van der Waals surface area contributed by atoms with Crippen LogP contribution in [0.5, 0.6) is 0 Å². The number of carbonyl (C=O) groups is 2. The Labute approximate surface area is 305 Å². The van der Waals surface area contributed by atoms with Crippen molar-refractivity contribution >= 4 is 11.9 Å². The van der Waals surface area contributed by atoms with E-state index in [2.05, 4.69) is 87.8 Å². The normalized spacial score (nSPS) is 20.8. The van der Waals surface area contributed by atoms with Gasteiger partial charge in [-0.05, 0) is 131 Å². The fourth-order valence-electron chi connectivity index (χ4n) is 7.07. The molecule has 1 fully saturated rings. The van der Waals surface area contributed by atoms with Crippen LogP contribution in [0.2, 0.25) is 0 Å². The second-order valence-electron chi connectivity index (χ2n) is 15.5. The van der Waals surface area contributed by atoms with E-state index in [4.69, 9.17) is 9.47 Å². The topological polar surface area (TPSA) is 59.1 Å². The predicted octanol–water partition coefficient (Wildman–Crippen LogP) is 10.1. The summed E-state index contributed by atoms with van der Waals surface area (Å²) in [7, 11) is 0. The molecule has 6 heteroatoms. The average molecular weight is 691 g/mol. The number of nitrogens with zero attached hydrogens (tertiary/aromatic N) is 2. The van der Waals surface area contributed by atoms with Gasteiger partial charge in [0.1, 0.15) is 13.2 Å². The molecule has 0 aromatic heterocycles. The third-order valence-electron chi connectivity index (χ3n) is 10.5. The van der Waals surface area contributed by atoms with E-state index in [0.717, 1.165) is 129 Å². The molecule has 0 aromatic rings. The first-order valence-electron chi connectivity index (χ1n) is 19.8. The van der Waals surface area contributed by atoms with E-state index in [1.54, 1.807) is 0 Å². The number of hydrogen-bond donors (Lipinski definition) is 0. The van der Waals surface area contributed by atoms with Crippen molar-refractivity contribution in [2.75, 3.05) is 52.5 Å². The summed E-state index contributed by atoms with van der Waals surface area (Å²) in [6.45, 7) is 19.4. The van der Waals surface area contributed by atoms with Gasteiger partial charge in [-0.3, -0.25) is 19.4 Å². The average Bonchev–Trinajstić information content (AvgIpc) is 3.09. The summed E-state index contributed by atoms with van der Waals surface area (Å²) in [6.07, 6.45) is 28.3. The second-order valence-corrected chi connectivity index (χ2v) is 15.5.